The molecule has 11 heteroatoms. The molecule has 2 aromatic heterocycles. The number of hydrogen-bond acceptors (Lipinski definition) is 7. The summed E-state index contributed by atoms with van der Waals surface area (Å²) in [6, 6.07) is 18.8. The Morgan fingerprint density at radius 2 is 1.87 bits per heavy atom. The average Bonchev–Trinajstić information content (AvgIpc) is 3.72. The maximum absolute atomic E-state index is 14.0. The van der Waals surface area contributed by atoms with Gasteiger partial charge in [-0.1, -0.05) is 48.5 Å². The topological polar surface area (TPSA) is 120 Å². The van der Waals surface area contributed by atoms with Crippen molar-refractivity contribution in [1.29, 1.82) is 0 Å². The van der Waals surface area contributed by atoms with Crippen LogP contribution >= 0.6 is 0 Å². The zero-order valence-corrected chi connectivity index (χ0v) is 28.5. The highest BCUT2D eigenvalue weighted by molar-refractivity contribution is 7.89. The number of ether oxygens (including phenoxy) is 1. The lowest BCUT2D eigenvalue weighted by molar-refractivity contribution is 0.0905. The first-order valence-corrected chi connectivity index (χ1v) is 17.4. The highest BCUT2D eigenvalue weighted by atomic mass is 32.2. The number of rotatable bonds is 9. The molecule has 47 heavy (non-hydrogen) atoms. The number of sulfonamides is 1. The van der Waals surface area contributed by atoms with Gasteiger partial charge in [0.05, 0.1) is 23.9 Å². The second kappa shape index (κ2) is 12.6. The summed E-state index contributed by atoms with van der Waals surface area (Å²) in [5.41, 5.74) is 6.11. The van der Waals surface area contributed by atoms with Crippen molar-refractivity contribution in [3.63, 3.8) is 0 Å². The number of carbonyl (C=O) groups excluding carboxylic acids is 1. The van der Waals surface area contributed by atoms with Gasteiger partial charge in [-0.3, -0.25) is 4.79 Å². The van der Waals surface area contributed by atoms with Crippen LogP contribution in [0.3, 0.4) is 0 Å². The van der Waals surface area contributed by atoms with Crippen molar-refractivity contribution in [3.8, 4) is 5.75 Å². The van der Waals surface area contributed by atoms with E-state index >= 15 is 0 Å². The molecule has 1 amide bonds. The molecular weight excluding hydrogens is 614 g/mol. The summed E-state index contributed by atoms with van der Waals surface area (Å²) >= 11 is 0. The van der Waals surface area contributed by atoms with Gasteiger partial charge >= 0.3 is 0 Å². The van der Waals surface area contributed by atoms with Gasteiger partial charge in [-0.05, 0) is 93.1 Å². The lowest BCUT2D eigenvalue weighted by Gasteiger charge is -2.37. The molecule has 3 aromatic carbocycles. The van der Waals surface area contributed by atoms with Crippen LogP contribution in [-0.2, 0) is 23.1 Å². The van der Waals surface area contributed by atoms with Gasteiger partial charge in [0.15, 0.2) is 0 Å². The van der Waals surface area contributed by atoms with Crippen LogP contribution in [0, 0.1) is 13.8 Å². The lowest BCUT2D eigenvalue weighted by atomic mass is 9.74. The fourth-order valence-corrected chi connectivity index (χ4v) is 8.15. The van der Waals surface area contributed by atoms with E-state index in [1.54, 1.807) is 30.3 Å². The molecular formula is C36H41N5O5S. The summed E-state index contributed by atoms with van der Waals surface area (Å²) in [5.74, 6) is -0.202. The van der Waals surface area contributed by atoms with E-state index in [2.05, 4.69) is 33.8 Å². The van der Waals surface area contributed by atoms with Gasteiger partial charge in [-0.15, -0.1) is 5.10 Å². The first-order chi connectivity index (χ1) is 22.4. The van der Waals surface area contributed by atoms with E-state index < -0.39 is 15.6 Å². The number of benzene rings is 3. The zero-order chi connectivity index (χ0) is 33.5. The van der Waals surface area contributed by atoms with Crippen molar-refractivity contribution in [2.75, 3.05) is 6.54 Å². The smallest absolute Gasteiger partial charge is 0.254 e. The molecule has 10 nitrogen and oxygen atoms in total. The van der Waals surface area contributed by atoms with E-state index in [0.29, 0.717) is 24.3 Å². The first-order valence-electron chi connectivity index (χ1n) is 16.0. The van der Waals surface area contributed by atoms with Gasteiger partial charge in [0, 0.05) is 24.5 Å². The Kier molecular flexibility index (Phi) is 8.71. The van der Waals surface area contributed by atoms with Gasteiger partial charge in [0.25, 0.3) is 5.91 Å². The number of aromatic nitrogens is 3. The van der Waals surface area contributed by atoms with E-state index in [-0.39, 0.29) is 35.9 Å². The molecule has 0 aliphatic carbocycles. The van der Waals surface area contributed by atoms with Crippen LogP contribution in [0.25, 0.3) is 11.0 Å². The van der Waals surface area contributed by atoms with E-state index in [0.717, 1.165) is 38.9 Å². The van der Waals surface area contributed by atoms with E-state index in [1.165, 1.54) is 16.8 Å². The Labute approximate surface area is 275 Å². The van der Waals surface area contributed by atoms with Crippen molar-refractivity contribution >= 4 is 27.0 Å². The third-order valence-corrected chi connectivity index (χ3v) is 11.1. The number of fused-ring (bicyclic) bond motifs is 2. The summed E-state index contributed by atoms with van der Waals surface area (Å²) in [6.07, 6.45) is 3.28. The fourth-order valence-electron chi connectivity index (χ4n) is 6.58. The highest BCUT2D eigenvalue weighted by Gasteiger charge is 2.37. The number of hydrogen-bond donors (Lipinski definition) is 1. The summed E-state index contributed by atoms with van der Waals surface area (Å²) in [7, 11) is -3.84. The predicted molar refractivity (Wildman–Crippen MR) is 180 cm³/mol. The van der Waals surface area contributed by atoms with Crippen LogP contribution < -0.4 is 10.1 Å². The molecule has 5 aromatic rings. The third-order valence-electron chi connectivity index (χ3n) is 9.21. The maximum atomic E-state index is 14.0. The third kappa shape index (κ3) is 6.05. The number of furan rings is 1. The maximum Gasteiger partial charge on any atom is 0.254 e. The van der Waals surface area contributed by atoms with E-state index in [9.17, 15) is 13.2 Å². The Bertz CT molecular complexity index is 2030. The molecule has 6 rings (SSSR count). The Morgan fingerprint density at radius 1 is 1.09 bits per heavy atom. The minimum absolute atomic E-state index is 0.174. The molecule has 0 radical (unpaired) electrons. The molecule has 246 valence electrons. The fraction of sp³-hybridized carbons (Fsp3) is 0.361. The van der Waals surface area contributed by atoms with Crippen LogP contribution in [0.5, 0.6) is 5.75 Å². The molecule has 0 spiro atoms. The van der Waals surface area contributed by atoms with Crippen molar-refractivity contribution in [2.45, 2.75) is 83.5 Å². The van der Waals surface area contributed by atoms with Crippen molar-refractivity contribution in [2.24, 2.45) is 0 Å². The molecule has 1 unspecified atom stereocenters. The standard InChI is InChI=1S/C36H41N5O5S/c1-7-28-21-40(47(43,44)32-12-10-9-11-31(32)46-28)20-27-19-25(14-13-23(27)3)33(36(5,6)37-35(42)26-17-18-45-22-26)29-15-16-30-34(24(29)4)38-39-41(30)8-2/h9-19,22,28,33H,7-8,20-21H2,1-6H3,(H,37,42)/t28-,33?/m1/s1. The van der Waals surface area contributed by atoms with E-state index in [4.69, 9.17) is 9.15 Å². The number of para-hydroxylation sites is 1. The second-order valence-electron chi connectivity index (χ2n) is 12.8. The van der Waals surface area contributed by atoms with Crippen LogP contribution in [0.15, 0.2) is 82.5 Å². The van der Waals surface area contributed by atoms with Crippen LogP contribution in [0.2, 0.25) is 0 Å². The summed E-state index contributed by atoms with van der Waals surface area (Å²) in [6.45, 7) is 13.2. The lowest BCUT2D eigenvalue weighted by Crippen LogP contribution is -2.48. The summed E-state index contributed by atoms with van der Waals surface area (Å²) in [5, 5.41) is 12.1. The Balaban J connectivity index is 1.45. The second-order valence-corrected chi connectivity index (χ2v) is 14.7. The van der Waals surface area contributed by atoms with Crippen LogP contribution in [-0.4, -0.2) is 51.8 Å². The number of nitrogens with one attached hydrogen (secondary N) is 1. The van der Waals surface area contributed by atoms with Gasteiger partial charge < -0.3 is 14.5 Å². The quantitative estimate of drug-likeness (QED) is 0.196. The largest absolute Gasteiger partial charge is 0.488 e. The number of nitrogens with zero attached hydrogens (tertiary/aromatic N) is 4. The zero-order valence-electron chi connectivity index (χ0n) is 27.6. The SMILES string of the molecule is CC[C@@H]1CN(Cc2cc(C(c3ccc4c(nnn4CC)c3C)C(C)(C)NC(=O)c3ccoc3)ccc2C)S(=O)(=O)c2ccccc2O1. The number of amides is 1. The highest BCUT2D eigenvalue weighted by Crippen LogP contribution is 2.40. The summed E-state index contributed by atoms with van der Waals surface area (Å²) in [4.78, 5) is 13.6. The molecule has 1 aliphatic rings. The molecule has 0 saturated heterocycles. The number of aryl methyl sites for hydroxylation is 3. The van der Waals surface area contributed by atoms with Gasteiger partial charge in [-0.25, -0.2) is 13.1 Å². The molecule has 1 N–H and O–H groups in total. The van der Waals surface area contributed by atoms with Crippen LogP contribution in [0.1, 0.15) is 78.2 Å². The Hall–Kier alpha value is -4.48. The Morgan fingerprint density at radius 3 is 2.60 bits per heavy atom. The molecule has 0 fully saturated rings. The van der Waals surface area contributed by atoms with Crippen molar-refractivity contribution in [3.05, 3.63) is 107 Å². The summed E-state index contributed by atoms with van der Waals surface area (Å²) < 4.78 is 42.7. The average molecular weight is 656 g/mol. The first kappa shape index (κ1) is 32.5. The molecule has 2 atom stereocenters. The normalized spacial score (nSPS) is 17.1. The molecule has 3 heterocycles. The van der Waals surface area contributed by atoms with Gasteiger partial charge in [0.1, 0.15) is 28.5 Å². The van der Waals surface area contributed by atoms with E-state index in [1.807, 2.05) is 58.4 Å². The predicted octanol–water partition coefficient (Wildman–Crippen LogP) is 6.36. The molecule has 1 aliphatic heterocycles. The van der Waals surface area contributed by atoms with Gasteiger partial charge in [0.2, 0.25) is 10.0 Å². The molecule has 0 bridgehead atoms. The molecule has 0 saturated carbocycles. The minimum Gasteiger partial charge on any atom is -0.488 e. The van der Waals surface area contributed by atoms with Gasteiger partial charge in [-0.2, -0.15) is 4.31 Å². The number of carbonyl (C=O) groups is 1. The van der Waals surface area contributed by atoms with Crippen LogP contribution in [0.4, 0.5) is 0 Å². The minimum atomic E-state index is -3.84. The van der Waals surface area contributed by atoms with Crippen molar-refractivity contribution in [1.82, 2.24) is 24.6 Å². The monoisotopic (exact) mass is 655 g/mol. The van der Waals surface area contributed by atoms with Crippen molar-refractivity contribution < 1.29 is 22.4 Å².